The molecule has 0 aliphatic carbocycles. The van der Waals surface area contributed by atoms with Crippen LogP contribution < -0.4 is 5.56 Å². The fourth-order valence-electron chi connectivity index (χ4n) is 3.14. The maximum absolute atomic E-state index is 12.9. The molecule has 2 heterocycles. The summed E-state index contributed by atoms with van der Waals surface area (Å²) in [7, 11) is 1.48. The van der Waals surface area contributed by atoms with Gasteiger partial charge in [-0.1, -0.05) is 37.3 Å². The summed E-state index contributed by atoms with van der Waals surface area (Å²) in [5.74, 6) is -2.15. The molecule has 0 radical (unpaired) electrons. The van der Waals surface area contributed by atoms with Gasteiger partial charge in [0.2, 0.25) is 0 Å². The molecule has 2 N–H and O–H groups in total. The third-order valence-corrected chi connectivity index (χ3v) is 4.49. The molecule has 0 unspecified atom stereocenters. The van der Waals surface area contributed by atoms with Crippen LogP contribution in [0.3, 0.4) is 0 Å². The molecule has 0 bridgehead atoms. The molecule has 1 aromatic carbocycles. The van der Waals surface area contributed by atoms with E-state index in [2.05, 4.69) is 0 Å². The number of hydrogen-bond donors (Lipinski definition) is 2. The number of carboxylic acids is 1. The summed E-state index contributed by atoms with van der Waals surface area (Å²) >= 11 is 0. The molecule has 26 heavy (non-hydrogen) atoms. The minimum Gasteiger partial charge on any atom is -0.505 e. The molecule has 134 valence electrons. The number of ketones is 1. The summed E-state index contributed by atoms with van der Waals surface area (Å²) in [5, 5.41) is 19.5. The van der Waals surface area contributed by atoms with E-state index >= 15 is 0 Å². The number of hydrogen-bond acceptors (Lipinski definition) is 4. The van der Waals surface area contributed by atoms with Gasteiger partial charge in [-0.25, -0.2) is 4.79 Å². The molecule has 0 aliphatic rings. The predicted molar refractivity (Wildman–Crippen MR) is 96.0 cm³/mol. The first-order valence-corrected chi connectivity index (χ1v) is 8.12. The van der Waals surface area contributed by atoms with Crippen LogP contribution >= 0.6 is 0 Å². The third-order valence-electron chi connectivity index (χ3n) is 4.49. The fraction of sp³-hybridized carbons (Fsp3) is 0.211. The Hall–Kier alpha value is -3.35. The number of carbonyl (C=O) groups excluding carboxylic acids is 1. The Bertz CT molecular complexity index is 1080. The minimum atomic E-state index is -1.33. The molecule has 0 saturated carbocycles. The van der Waals surface area contributed by atoms with Crippen LogP contribution in [0.5, 0.6) is 5.75 Å². The highest BCUT2D eigenvalue weighted by atomic mass is 16.4. The Morgan fingerprint density at radius 2 is 1.81 bits per heavy atom. The van der Waals surface area contributed by atoms with Gasteiger partial charge in [-0.05, 0) is 12.5 Å². The molecule has 0 atom stereocenters. The molecule has 0 spiro atoms. The van der Waals surface area contributed by atoms with Crippen LogP contribution in [0.15, 0.2) is 41.2 Å². The second-order valence-corrected chi connectivity index (χ2v) is 5.99. The van der Waals surface area contributed by atoms with E-state index in [-0.39, 0.29) is 23.4 Å². The van der Waals surface area contributed by atoms with E-state index < -0.39 is 17.3 Å². The number of pyridine rings is 1. The zero-order valence-corrected chi connectivity index (χ0v) is 14.4. The number of aryl methyl sites for hydroxylation is 2. The Balaban J connectivity index is 2.21. The van der Waals surface area contributed by atoms with Crippen molar-refractivity contribution in [3.63, 3.8) is 0 Å². The number of carbonyl (C=O) groups is 2. The van der Waals surface area contributed by atoms with E-state index in [1.807, 2.05) is 6.92 Å². The van der Waals surface area contributed by atoms with Gasteiger partial charge in [-0.2, -0.15) is 0 Å². The quantitative estimate of drug-likeness (QED) is 0.684. The molecule has 3 rings (SSSR count). The van der Waals surface area contributed by atoms with Crippen LogP contribution in [0.4, 0.5) is 0 Å². The largest absolute Gasteiger partial charge is 0.505 e. The lowest BCUT2D eigenvalue weighted by molar-refractivity contribution is 0.0683. The lowest BCUT2D eigenvalue weighted by Crippen LogP contribution is -2.27. The first-order valence-electron chi connectivity index (χ1n) is 8.12. The van der Waals surface area contributed by atoms with Crippen molar-refractivity contribution in [2.24, 2.45) is 7.05 Å². The van der Waals surface area contributed by atoms with Crippen molar-refractivity contribution in [1.29, 1.82) is 0 Å². The number of aromatic carboxylic acids is 1. The van der Waals surface area contributed by atoms with Crippen molar-refractivity contribution in [3.05, 3.63) is 63.7 Å². The number of aromatic nitrogens is 2. The number of aromatic hydroxyl groups is 1. The monoisotopic (exact) mass is 354 g/mol. The van der Waals surface area contributed by atoms with E-state index in [1.54, 1.807) is 36.4 Å². The van der Waals surface area contributed by atoms with E-state index in [0.717, 1.165) is 0 Å². The lowest BCUT2D eigenvalue weighted by Gasteiger charge is -2.12. The average molecular weight is 354 g/mol. The van der Waals surface area contributed by atoms with E-state index in [0.29, 0.717) is 23.2 Å². The summed E-state index contributed by atoms with van der Waals surface area (Å²) in [5.41, 5.74) is 0.454. The van der Waals surface area contributed by atoms with E-state index in [1.165, 1.54) is 16.2 Å². The lowest BCUT2D eigenvalue weighted by atomic mass is 10.1. The second kappa shape index (κ2) is 6.51. The minimum absolute atomic E-state index is 0.0945. The number of nitrogens with zero attached hydrogens (tertiary/aromatic N) is 2. The summed E-state index contributed by atoms with van der Waals surface area (Å²) in [6, 6.07) is 10.2. The molecule has 3 aromatic rings. The van der Waals surface area contributed by atoms with Gasteiger partial charge >= 0.3 is 5.97 Å². The number of carboxylic acid groups (broad SMARTS) is 1. The zero-order chi connectivity index (χ0) is 19.0. The number of fused-ring (bicyclic) bond motifs is 1. The molecule has 0 fully saturated rings. The average Bonchev–Trinajstić information content (AvgIpc) is 2.88. The highest BCUT2D eigenvalue weighted by Gasteiger charge is 2.25. The molecule has 0 aliphatic heterocycles. The highest BCUT2D eigenvalue weighted by Crippen LogP contribution is 2.29. The van der Waals surface area contributed by atoms with Gasteiger partial charge in [0.15, 0.2) is 17.2 Å². The van der Waals surface area contributed by atoms with Crippen molar-refractivity contribution < 1.29 is 19.8 Å². The van der Waals surface area contributed by atoms with Crippen molar-refractivity contribution in [1.82, 2.24) is 9.13 Å². The van der Waals surface area contributed by atoms with E-state index in [4.69, 9.17) is 0 Å². The summed E-state index contributed by atoms with van der Waals surface area (Å²) in [4.78, 5) is 36.8. The van der Waals surface area contributed by atoms with Crippen molar-refractivity contribution >= 4 is 22.7 Å². The molecule has 2 aromatic heterocycles. The Morgan fingerprint density at radius 1 is 1.15 bits per heavy atom. The third kappa shape index (κ3) is 2.67. The molecule has 0 amide bonds. The summed E-state index contributed by atoms with van der Waals surface area (Å²) in [6.45, 7) is 1.66. The van der Waals surface area contributed by atoms with Gasteiger partial charge in [-0.3, -0.25) is 9.59 Å². The molecule has 7 nitrogen and oxygen atoms in total. The van der Waals surface area contributed by atoms with Crippen molar-refractivity contribution in [2.45, 2.75) is 19.9 Å². The Kier molecular flexibility index (Phi) is 4.38. The van der Waals surface area contributed by atoms with Gasteiger partial charge in [0.25, 0.3) is 5.56 Å². The van der Waals surface area contributed by atoms with Crippen LogP contribution in [0.1, 0.15) is 33.5 Å². The standard InChI is InChI=1S/C19H18N2O5/c1-3-12-9-13-15(17(23)16(19(25)26)20(13)2)18(24)21(12)10-14(22)11-7-5-4-6-8-11/h4-9,23H,3,10H2,1-2H3,(H,25,26). The Morgan fingerprint density at radius 3 is 2.38 bits per heavy atom. The van der Waals surface area contributed by atoms with Gasteiger partial charge in [0, 0.05) is 18.3 Å². The van der Waals surface area contributed by atoms with Gasteiger partial charge in [-0.15, -0.1) is 0 Å². The van der Waals surface area contributed by atoms with Gasteiger partial charge in [0.05, 0.1) is 12.1 Å². The topological polar surface area (TPSA) is 102 Å². The second-order valence-electron chi connectivity index (χ2n) is 5.99. The van der Waals surface area contributed by atoms with Gasteiger partial charge < -0.3 is 19.3 Å². The highest BCUT2D eigenvalue weighted by molar-refractivity contribution is 6.01. The first-order chi connectivity index (χ1) is 12.4. The molecule has 7 heteroatoms. The fourth-order valence-corrected chi connectivity index (χ4v) is 3.14. The maximum atomic E-state index is 12.9. The van der Waals surface area contributed by atoms with Crippen molar-refractivity contribution in [2.75, 3.05) is 0 Å². The molecular formula is C19H18N2O5. The van der Waals surface area contributed by atoms with Crippen LogP contribution in [0.2, 0.25) is 0 Å². The SMILES string of the molecule is CCc1cc2c(c(O)c(C(=O)O)n2C)c(=O)n1CC(=O)c1ccccc1. The Labute approximate surface area is 148 Å². The number of Topliss-reactive ketones (excluding diaryl/α,β-unsaturated/α-hetero) is 1. The predicted octanol–water partition coefficient (Wildman–Crippen LogP) is 2.19. The van der Waals surface area contributed by atoms with Crippen LogP contribution in [0, 0.1) is 0 Å². The van der Waals surface area contributed by atoms with Crippen molar-refractivity contribution in [3.8, 4) is 5.75 Å². The van der Waals surface area contributed by atoms with E-state index in [9.17, 15) is 24.6 Å². The molecule has 0 saturated heterocycles. The van der Waals surface area contributed by atoms with Crippen LogP contribution in [-0.2, 0) is 20.0 Å². The maximum Gasteiger partial charge on any atom is 0.356 e. The van der Waals surface area contributed by atoms with Crippen LogP contribution in [-0.4, -0.2) is 31.1 Å². The van der Waals surface area contributed by atoms with Gasteiger partial charge in [0.1, 0.15) is 5.39 Å². The zero-order valence-electron chi connectivity index (χ0n) is 14.4. The van der Waals surface area contributed by atoms with Crippen LogP contribution in [0.25, 0.3) is 10.9 Å². The first kappa shape index (κ1) is 17.5. The number of rotatable bonds is 5. The smallest absolute Gasteiger partial charge is 0.356 e. The molecular weight excluding hydrogens is 336 g/mol. The summed E-state index contributed by atoms with van der Waals surface area (Å²) in [6.07, 6.45) is 0.474. The number of benzene rings is 1. The summed E-state index contributed by atoms with van der Waals surface area (Å²) < 4.78 is 2.57. The normalized spacial score (nSPS) is 11.0.